The third kappa shape index (κ3) is 5.26. The van der Waals surface area contributed by atoms with Crippen molar-refractivity contribution in [3.63, 3.8) is 0 Å². The molecule has 0 aliphatic carbocycles. The number of nitrogens with zero attached hydrogens (tertiary/aromatic N) is 2. The second kappa shape index (κ2) is 5.57. The Labute approximate surface area is 107 Å². The van der Waals surface area contributed by atoms with Crippen LogP contribution in [-0.4, -0.2) is 37.7 Å². The lowest BCUT2D eigenvalue weighted by Crippen LogP contribution is -2.23. The van der Waals surface area contributed by atoms with E-state index in [1.165, 1.54) is 13.1 Å². The molecule has 0 aliphatic rings. The molecule has 0 saturated heterocycles. The minimum atomic E-state index is -4.69. The summed E-state index contributed by atoms with van der Waals surface area (Å²) in [7, 11) is -2.29. The molecule has 108 valence electrons. The lowest BCUT2D eigenvalue weighted by atomic mass is 10.4. The van der Waals surface area contributed by atoms with Gasteiger partial charge in [0.05, 0.1) is 5.75 Å². The molecule has 0 saturated carbocycles. The number of alkyl halides is 3. The summed E-state index contributed by atoms with van der Waals surface area (Å²) >= 11 is 0. The Hall–Kier alpha value is -1.62. The van der Waals surface area contributed by atoms with Crippen molar-refractivity contribution in [2.24, 2.45) is 5.14 Å². The highest BCUT2D eigenvalue weighted by atomic mass is 32.2. The number of nitrogens with one attached hydrogen (secondary N) is 2. The molecule has 1 rings (SSSR count). The van der Waals surface area contributed by atoms with Crippen LogP contribution in [0.25, 0.3) is 0 Å². The van der Waals surface area contributed by atoms with Crippen LogP contribution in [0, 0.1) is 0 Å². The molecule has 0 radical (unpaired) electrons. The van der Waals surface area contributed by atoms with Crippen LogP contribution in [0.5, 0.6) is 0 Å². The van der Waals surface area contributed by atoms with Gasteiger partial charge in [0, 0.05) is 19.7 Å². The SMILES string of the molecule is CNc1cc(NCCS(N)(=O)=O)nc(C(F)(F)F)n1. The zero-order chi connectivity index (χ0) is 14.7. The average Bonchev–Trinajstić information content (AvgIpc) is 2.25. The van der Waals surface area contributed by atoms with Gasteiger partial charge in [-0.1, -0.05) is 0 Å². The molecule has 1 heterocycles. The summed E-state index contributed by atoms with van der Waals surface area (Å²) in [6, 6.07) is 1.22. The van der Waals surface area contributed by atoms with Gasteiger partial charge < -0.3 is 10.6 Å². The maximum Gasteiger partial charge on any atom is 0.451 e. The molecular formula is C8H12F3N5O2S. The van der Waals surface area contributed by atoms with Gasteiger partial charge >= 0.3 is 6.18 Å². The monoisotopic (exact) mass is 299 g/mol. The number of halogens is 3. The fourth-order valence-corrected chi connectivity index (χ4v) is 1.50. The van der Waals surface area contributed by atoms with E-state index >= 15 is 0 Å². The van der Waals surface area contributed by atoms with Crippen molar-refractivity contribution < 1.29 is 21.6 Å². The molecule has 19 heavy (non-hydrogen) atoms. The molecule has 0 aromatic carbocycles. The van der Waals surface area contributed by atoms with Crippen molar-refractivity contribution in [1.82, 2.24) is 9.97 Å². The minimum Gasteiger partial charge on any atom is -0.373 e. The number of anilines is 2. The molecule has 0 bridgehead atoms. The Morgan fingerprint density at radius 2 is 1.89 bits per heavy atom. The van der Waals surface area contributed by atoms with E-state index in [1.807, 2.05) is 0 Å². The Morgan fingerprint density at radius 3 is 2.37 bits per heavy atom. The first kappa shape index (κ1) is 15.4. The fraction of sp³-hybridized carbons (Fsp3) is 0.500. The highest BCUT2D eigenvalue weighted by Gasteiger charge is 2.35. The molecule has 0 unspecified atom stereocenters. The summed E-state index contributed by atoms with van der Waals surface area (Å²) in [5.41, 5.74) is 0. The van der Waals surface area contributed by atoms with Crippen LogP contribution in [0.2, 0.25) is 0 Å². The molecular weight excluding hydrogens is 287 g/mol. The topological polar surface area (TPSA) is 110 Å². The van der Waals surface area contributed by atoms with Crippen LogP contribution in [0.4, 0.5) is 24.8 Å². The van der Waals surface area contributed by atoms with E-state index in [9.17, 15) is 21.6 Å². The van der Waals surface area contributed by atoms with Crippen molar-refractivity contribution in [3.05, 3.63) is 11.9 Å². The Balaban J connectivity index is 2.89. The fourth-order valence-electron chi connectivity index (χ4n) is 1.11. The van der Waals surface area contributed by atoms with Crippen molar-refractivity contribution >= 4 is 21.7 Å². The van der Waals surface area contributed by atoms with E-state index in [2.05, 4.69) is 20.6 Å². The number of nitrogens with two attached hydrogens (primary N) is 1. The summed E-state index contributed by atoms with van der Waals surface area (Å²) in [6.07, 6.45) is -4.69. The number of sulfonamides is 1. The largest absolute Gasteiger partial charge is 0.451 e. The molecule has 7 nitrogen and oxygen atoms in total. The van der Waals surface area contributed by atoms with Gasteiger partial charge in [-0.15, -0.1) is 0 Å². The summed E-state index contributed by atoms with van der Waals surface area (Å²) in [5.74, 6) is -1.93. The number of hydrogen-bond donors (Lipinski definition) is 3. The predicted molar refractivity (Wildman–Crippen MR) is 63.0 cm³/mol. The van der Waals surface area contributed by atoms with E-state index in [4.69, 9.17) is 5.14 Å². The van der Waals surface area contributed by atoms with Gasteiger partial charge in [-0.3, -0.25) is 0 Å². The molecule has 0 aliphatic heterocycles. The molecule has 0 amide bonds. The van der Waals surface area contributed by atoms with Gasteiger partial charge in [-0.25, -0.2) is 23.5 Å². The van der Waals surface area contributed by atoms with Crippen molar-refractivity contribution in [2.45, 2.75) is 6.18 Å². The third-order valence-corrected chi connectivity index (χ3v) is 2.70. The molecule has 1 aromatic heterocycles. The van der Waals surface area contributed by atoms with E-state index in [0.29, 0.717) is 0 Å². The van der Waals surface area contributed by atoms with E-state index < -0.39 is 27.8 Å². The highest BCUT2D eigenvalue weighted by Crippen LogP contribution is 2.28. The van der Waals surface area contributed by atoms with Crippen molar-refractivity contribution in [1.29, 1.82) is 0 Å². The summed E-state index contributed by atoms with van der Waals surface area (Å²) < 4.78 is 58.9. The van der Waals surface area contributed by atoms with Gasteiger partial charge in [-0.2, -0.15) is 13.2 Å². The first-order valence-electron chi connectivity index (χ1n) is 5.00. The van der Waals surface area contributed by atoms with Gasteiger partial charge in [-0.05, 0) is 0 Å². The lowest BCUT2D eigenvalue weighted by Gasteiger charge is -2.11. The van der Waals surface area contributed by atoms with Crippen LogP contribution in [0.15, 0.2) is 6.07 Å². The van der Waals surface area contributed by atoms with Crippen LogP contribution in [0.1, 0.15) is 5.82 Å². The maximum absolute atomic E-state index is 12.5. The molecule has 0 fully saturated rings. The van der Waals surface area contributed by atoms with Crippen molar-refractivity contribution in [3.8, 4) is 0 Å². The number of primary sulfonamides is 1. The molecule has 0 atom stereocenters. The number of hydrogen-bond acceptors (Lipinski definition) is 6. The van der Waals surface area contributed by atoms with Crippen molar-refractivity contribution in [2.75, 3.05) is 30.0 Å². The zero-order valence-electron chi connectivity index (χ0n) is 9.82. The first-order chi connectivity index (χ1) is 8.62. The quantitative estimate of drug-likeness (QED) is 0.718. The normalized spacial score (nSPS) is 12.3. The van der Waals surface area contributed by atoms with Gasteiger partial charge in [0.15, 0.2) is 0 Å². The first-order valence-corrected chi connectivity index (χ1v) is 6.72. The van der Waals surface area contributed by atoms with Gasteiger partial charge in [0.1, 0.15) is 11.6 Å². The van der Waals surface area contributed by atoms with Gasteiger partial charge in [0.25, 0.3) is 0 Å². The Kier molecular flexibility index (Phi) is 4.52. The molecule has 4 N–H and O–H groups in total. The van der Waals surface area contributed by atoms with E-state index in [0.717, 1.165) is 0 Å². The third-order valence-electron chi connectivity index (χ3n) is 1.93. The second-order valence-electron chi connectivity index (χ2n) is 3.50. The summed E-state index contributed by atoms with van der Waals surface area (Å²) in [4.78, 5) is 6.50. The predicted octanol–water partition coefficient (Wildman–Crippen LogP) is 0.237. The Bertz CT molecular complexity index is 546. The summed E-state index contributed by atoms with van der Waals surface area (Å²) in [5, 5.41) is 9.65. The van der Waals surface area contributed by atoms with E-state index in [1.54, 1.807) is 0 Å². The van der Waals surface area contributed by atoms with Gasteiger partial charge in [0.2, 0.25) is 15.8 Å². The second-order valence-corrected chi connectivity index (χ2v) is 5.24. The van der Waals surface area contributed by atoms with E-state index in [-0.39, 0.29) is 18.2 Å². The maximum atomic E-state index is 12.5. The van der Waals surface area contributed by atoms with Crippen LogP contribution in [-0.2, 0) is 16.2 Å². The standard InChI is InChI=1S/C8H12F3N5O2S/c1-13-5-4-6(14-2-3-19(12,17)18)16-7(15-5)8(9,10)11/h4H,2-3H2,1H3,(H2,12,17,18)(H2,13,14,15,16). The van der Waals surface area contributed by atoms with Crippen LogP contribution < -0.4 is 15.8 Å². The average molecular weight is 299 g/mol. The number of aromatic nitrogens is 2. The lowest BCUT2D eigenvalue weighted by molar-refractivity contribution is -0.144. The zero-order valence-corrected chi connectivity index (χ0v) is 10.6. The smallest absolute Gasteiger partial charge is 0.373 e. The van der Waals surface area contributed by atoms with Crippen LogP contribution in [0.3, 0.4) is 0 Å². The molecule has 1 aromatic rings. The molecule has 0 spiro atoms. The minimum absolute atomic E-state index is 0.0413. The highest BCUT2D eigenvalue weighted by molar-refractivity contribution is 7.89. The number of rotatable bonds is 5. The molecule has 11 heteroatoms. The van der Waals surface area contributed by atoms with Crippen LogP contribution >= 0.6 is 0 Å². The summed E-state index contributed by atoms with van der Waals surface area (Å²) in [6.45, 7) is -0.156. The Morgan fingerprint density at radius 1 is 1.32 bits per heavy atom.